The van der Waals surface area contributed by atoms with E-state index in [0.717, 1.165) is 38.5 Å². The Kier molecular flexibility index (Phi) is 64.4. The van der Waals surface area contributed by atoms with Gasteiger partial charge in [-0.1, -0.05) is 340 Å². The molecule has 0 saturated heterocycles. The number of rotatable bonds is 65. The molecule has 6 heteroatoms. The summed E-state index contributed by atoms with van der Waals surface area (Å²) in [6, 6.07) is -0.630. The molecule has 0 aliphatic heterocycles. The van der Waals surface area contributed by atoms with Crippen LogP contribution in [0.25, 0.3) is 0 Å². The Bertz CT molecular complexity index is 1190. The summed E-state index contributed by atoms with van der Waals surface area (Å²) in [4.78, 5) is 24.6. The first kappa shape index (κ1) is 74.3. The fourth-order valence-electron chi connectivity index (χ4n) is 10.9. The van der Waals surface area contributed by atoms with Crippen molar-refractivity contribution in [1.29, 1.82) is 0 Å². The van der Waals surface area contributed by atoms with Crippen LogP contribution < -0.4 is 5.32 Å². The molecule has 0 aromatic rings. The summed E-state index contributed by atoms with van der Waals surface area (Å²) >= 11 is 0. The number of aliphatic hydroxyl groups is 2. The van der Waals surface area contributed by atoms with Crippen molar-refractivity contribution in [2.24, 2.45) is 0 Å². The summed E-state index contributed by atoms with van der Waals surface area (Å²) in [6.45, 7) is 4.94. The van der Waals surface area contributed by atoms with Crippen LogP contribution in [-0.2, 0) is 14.3 Å². The van der Waals surface area contributed by atoms with Gasteiger partial charge in [0, 0.05) is 12.8 Å². The molecule has 0 radical (unpaired) electrons. The molecule has 0 bridgehead atoms. The van der Waals surface area contributed by atoms with Crippen molar-refractivity contribution in [2.75, 3.05) is 13.2 Å². The number of carbonyl (C=O) groups is 2. The van der Waals surface area contributed by atoms with Crippen LogP contribution in [-0.4, -0.2) is 47.4 Å². The summed E-state index contributed by atoms with van der Waals surface area (Å²) in [5.74, 6) is -0.0500. The van der Waals surface area contributed by atoms with Crippen molar-refractivity contribution in [3.63, 3.8) is 0 Å². The molecule has 2 atom stereocenters. The van der Waals surface area contributed by atoms with Crippen LogP contribution in [0.2, 0.25) is 0 Å². The molecule has 76 heavy (non-hydrogen) atoms. The highest BCUT2D eigenvalue weighted by Gasteiger charge is 2.18. The number of hydrogen-bond donors (Lipinski definition) is 3. The van der Waals surface area contributed by atoms with Crippen molar-refractivity contribution in [2.45, 2.75) is 398 Å². The average Bonchev–Trinajstić information content (AvgIpc) is 3.42. The number of unbranched alkanes of at least 4 members (excludes halogenated alkanes) is 52. The van der Waals surface area contributed by atoms with Crippen LogP contribution in [0.3, 0.4) is 0 Å². The molecule has 450 valence electrons. The minimum absolute atomic E-state index is 0.0161. The van der Waals surface area contributed by atoms with Gasteiger partial charge in [0.25, 0.3) is 0 Å². The van der Waals surface area contributed by atoms with Crippen LogP contribution in [0.1, 0.15) is 386 Å². The Hall–Kier alpha value is -1.66. The van der Waals surface area contributed by atoms with Gasteiger partial charge in [-0.2, -0.15) is 0 Å². The number of hydrogen-bond acceptors (Lipinski definition) is 5. The van der Waals surface area contributed by atoms with Crippen LogP contribution in [0.5, 0.6) is 0 Å². The second-order valence-electron chi connectivity index (χ2n) is 23.9. The van der Waals surface area contributed by atoms with E-state index in [9.17, 15) is 19.8 Å². The molecular weight excluding hydrogens is 935 g/mol. The normalized spacial score (nSPS) is 12.6. The van der Waals surface area contributed by atoms with E-state index >= 15 is 0 Å². The topological polar surface area (TPSA) is 95.9 Å². The second-order valence-corrected chi connectivity index (χ2v) is 23.9. The van der Waals surface area contributed by atoms with E-state index in [4.69, 9.17) is 4.74 Å². The summed E-state index contributed by atoms with van der Waals surface area (Å²) in [7, 11) is 0. The molecule has 0 fully saturated rings. The first-order chi connectivity index (χ1) is 37.5. The minimum Gasteiger partial charge on any atom is -0.466 e. The molecule has 6 nitrogen and oxygen atoms in total. The summed E-state index contributed by atoms with van der Waals surface area (Å²) in [5, 5.41) is 23.2. The van der Waals surface area contributed by atoms with E-state index in [-0.39, 0.29) is 18.5 Å². The van der Waals surface area contributed by atoms with Crippen molar-refractivity contribution in [1.82, 2.24) is 5.32 Å². The Morgan fingerprint density at radius 3 is 0.934 bits per heavy atom. The highest BCUT2D eigenvalue weighted by Crippen LogP contribution is 2.18. The van der Waals surface area contributed by atoms with Gasteiger partial charge in [0.2, 0.25) is 5.91 Å². The van der Waals surface area contributed by atoms with Crippen molar-refractivity contribution < 1.29 is 24.5 Å². The smallest absolute Gasteiger partial charge is 0.305 e. The SMILES string of the molecule is CCCCCCCCCCCCCCCCCCCC/C=C/C(O)C(CO)NC(=O)CCCCCCCCCCCC/C=C\CCCCCCCCCCCCCCOC(=O)CCCCCCCCCCCCCCC. The molecule has 0 aromatic heterocycles. The molecule has 0 rings (SSSR count). The molecule has 0 aliphatic carbocycles. The minimum atomic E-state index is -0.846. The van der Waals surface area contributed by atoms with Crippen molar-refractivity contribution in [3.05, 3.63) is 24.3 Å². The summed E-state index contributed by atoms with van der Waals surface area (Å²) in [5.41, 5.74) is 0. The number of ether oxygens (including phenoxy) is 1. The molecule has 2 unspecified atom stereocenters. The van der Waals surface area contributed by atoms with E-state index in [1.54, 1.807) is 6.08 Å². The zero-order chi connectivity index (χ0) is 55.0. The average molecular weight is 1070 g/mol. The lowest BCUT2D eigenvalue weighted by Crippen LogP contribution is -2.45. The maximum Gasteiger partial charge on any atom is 0.305 e. The lowest BCUT2D eigenvalue weighted by Gasteiger charge is -2.20. The second kappa shape index (κ2) is 65.9. The quantitative estimate of drug-likeness (QED) is 0.0320. The lowest BCUT2D eigenvalue weighted by atomic mass is 10.0. The number of aliphatic hydroxyl groups excluding tert-OH is 2. The highest BCUT2D eigenvalue weighted by atomic mass is 16.5. The van der Waals surface area contributed by atoms with Crippen LogP contribution in [0, 0.1) is 0 Å². The Morgan fingerprint density at radius 1 is 0.355 bits per heavy atom. The number of nitrogens with one attached hydrogen (secondary N) is 1. The van der Waals surface area contributed by atoms with Crippen LogP contribution >= 0.6 is 0 Å². The zero-order valence-corrected chi connectivity index (χ0v) is 51.5. The first-order valence-electron chi connectivity index (χ1n) is 34.6. The maximum absolute atomic E-state index is 12.5. The Balaban J connectivity index is 3.41. The summed E-state index contributed by atoms with van der Waals surface area (Å²) < 4.78 is 5.49. The molecule has 0 aromatic carbocycles. The predicted octanol–water partition coefficient (Wildman–Crippen LogP) is 22.1. The fraction of sp³-hybridized carbons (Fsp3) is 0.914. The van der Waals surface area contributed by atoms with Gasteiger partial charge in [-0.25, -0.2) is 0 Å². The fourth-order valence-corrected chi connectivity index (χ4v) is 10.9. The van der Waals surface area contributed by atoms with E-state index in [2.05, 4.69) is 31.3 Å². The monoisotopic (exact) mass is 1070 g/mol. The number of allylic oxidation sites excluding steroid dienone is 3. The van der Waals surface area contributed by atoms with Crippen LogP contribution in [0.15, 0.2) is 24.3 Å². The maximum atomic E-state index is 12.5. The van der Waals surface area contributed by atoms with E-state index < -0.39 is 12.1 Å². The van der Waals surface area contributed by atoms with Gasteiger partial charge in [0.15, 0.2) is 0 Å². The third-order valence-corrected chi connectivity index (χ3v) is 16.2. The van der Waals surface area contributed by atoms with Gasteiger partial charge in [-0.05, 0) is 57.8 Å². The van der Waals surface area contributed by atoms with E-state index in [0.29, 0.717) is 19.4 Å². The predicted molar refractivity (Wildman–Crippen MR) is 333 cm³/mol. The molecule has 0 heterocycles. The molecule has 0 saturated carbocycles. The largest absolute Gasteiger partial charge is 0.466 e. The van der Waals surface area contributed by atoms with Crippen LogP contribution in [0.4, 0.5) is 0 Å². The molecule has 3 N–H and O–H groups in total. The zero-order valence-electron chi connectivity index (χ0n) is 51.5. The summed E-state index contributed by atoms with van der Waals surface area (Å²) in [6.07, 6.45) is 82.5. The molecular formula is C70H135NO5. The molecule has 1 amide bonds. The van der Waals surface area contributed by atoms with Gasteiger partial charge in [-0.15, -0.1) is 0 Å². The third-order valence-electron chi connectivity index (χ3n) is 16.2. The lowest BCUT2D eigenvalue weighted by molar-refractivity contribution is -0.143. The molecule has 0 aliphatic rings. The van der Waals surface area contributed by atoms with Gasteiger partial charge in [-0.3, -0.25) is 9.59 Å². The number of carbonyl (C=O) groups excluding carboxylic acids is 2. The highest BCUT2D eigenvalue weighted by molar-refractivity contribution is 5.76. The van der Waals surface area contributed by atoms with E-state index in [1.165, 1.54) is 321 Å². The van der Waals surface area contributed by atoms with Gasteiger partial charge < -0.3 is 20.3 Å². The van der Waals surface area contributed by atoms with Gasteiger partial charge in [0.1, 0.15) is 0 Å². The van der Waals surface area contributed by atoms with Crippen molar-refractivity contribution >= 4 is 11.9 Å². The standard InChI is InChI=1S/C70H135NO5/c1-3-5-7-9-11-13-15-17-18-19-20-29-32-35-39-42-46-50-54-58-62-68(73)67(66-72)71-69(74)63-59-55-51-47-43-40-36-33-30-27-25-23-21-22-24-26-28-31-34-37-41-45-49-53-57-61-65-76-70(75)64-60-56-52-48-44-38-16-14-12-10-8-6-4-2/h21,23,58,62,67-68,72-73H,3-20,22,24-57,59-61,63-66H2,1-2H3,(H,71,74)/b23-21-,62-58+. The van der Waals surface area contributed by atoms with Gasteiger partial charge >= 0.3 is 5.97 Å². The van der Waals surface area contributed by atoms with Gasteiger partial charge in [0.05, 0.1) is 25.4 Å². The third kappa shape index (κ3) is 61.6. The Morgan fingerprint density at radius 2 is 0.618 bits per heavy atom. The molecule has 0 spiro atoms. The Labute approximate surface area is 475 Å². The van der Waals surface area contributed by atoms with Crippen molar-refractivity contribution in [3.8, 4) is 0 Å². The number of esters is 1. The first-order valence-corrected chi connectivity index (χ1v) is 34.6. The van der Waals surface area contributed by atoms with E-state index in [1.807, 2.05) is 6.08 Å². The number of amides is 1.